The molecule has 0 atom stereocenters. The first-order chi connectivity index (χ1) is 13.5. The molecular formula is C21H25N5OS. The average Bonchev–Trinajstić information content (AvgIpc) is 3.34. The molecule has 1 aliphatic heterocycles. The molecule has 3 heterocycles. The normalized spacial score (nSPS) is 16.3. The molecule has 7 heteroatoms. The van der Waals surface area contributed by atoms with Crippen molar-refractivity contribution >= 4 is 22.4 Å². The van der Waals surface area contributed by atoms with Gasteiger partial charge in [0.25, 0.3) is 5.91 Å². The second-order valence-corrected chi connectivity index (χ2v) is 8.16. The van der Waals surface area contributed by atoms with Crippen LogP contribution in [0.5, 0.6) is 0 Å². The Bertz CT molecular complexity index is 970. The molecule has 4 rings (SSSR count). The predicted octanol–water partition coefficient (Wildman–Crippen LogP) is 3.47. The zero-order valence-electron chi connectivity index (χ0n) is 16.3. The van der Waals surface area contributed by atoms with E-state index >= 15 is 0 Å². The third-order valence-electron chi connectivity index (χ3n) is 5.88. The Morgan fingerprint density at radius 1 is 1.25 bits per heavy atom. The van der Waals surface area contributed by atoms with Gasteiger partial charge in [-0.15, -0.1) is 11.3 Å². The number of hydrogen-bond acceptors (Lipinski definition) is 5. The number of piperidine rings is 1. The van der Waals surface area contributed by atoms with Crippen LogP contribution in [0.2, 0.25) is 0 Å². The van der Waals surface area contributed by atoms with Crippen LogP contribution in [-0.2, 0) is 12.0 Å². The van der Waals surface area contributed by atoms with E-state index in [1.54, 1.807) is 6.20 Å². The first-order valence-electron chi connectivity index (χ1n) is 9.64. The number of carbonyl (C=O) groups is 1. The number of nitrogens with two attached hydrogens (primary N) is 1. The Labute approximate surface area is 169 Å². The van der Waals surface area contributed by atoms with Crippen LogP contribution in [0, 0.1) is 6.92 Å². The summed E-state index contributed by atoms with van der Waals surface area (Å²) in [6.45, 7) is 6.12. The molecule has 0 saturated carbocycles. The highest BCUT2D eigenvalue weighted by Gasteiger charge is 2.41. The third-order valence-corrected chi connectivity index (χ3v) is 6.55. The van der Waals surface area contributed by atoms with Gasteiger partial charge >= 0.3 is 0 Å². The molecule has 0 radical (unpaired) electrons. The monoisotopic (exact) mass is 395 g/mol. The van der Waals surface area contributed by atoms with Crippen LogP contribution in [0.4, 0.5) is 5.13 Å². The first-order valence-corrected chi connectivity index (χ1v) is 10.5. The molecule has 1 aliphatic rings. The van der Waals surface area contributed by atoms with Gasteiger partial charge in [0.1, 0.15) is 0 Å². The summed E-state index contributed by atoms with van der Waals surface area (Å²) >= 11 is 1.48. The fraction of sp³-hybridized carbons (Fsp3) is 0.381. The van der Waals surface area contributed by atoms with Gasteiger partial charge < -0.3 is 10.6 Å². The number of aromatic nitrogens is 3. The Morgan fingerprint density at radius 3 is 2.54 bits per heavy atom. The molecule has 1 saturated heterocycles. The fourth-order valence-electron chi connectivity index (χ4n) is 4.19. The van der Waals surface area contributed by atoms with Crippen LogP contribution in [0.15, 0.2) is 41.9 Å². The number of likely N-dealkylation sites (tertiary alicyclic amines) is 1. The lowest BCUT2D eigenvalue weighted by Gasteiger charge is -2.41. The van der Waals surface area contributed by atoms with E-state index in [1.807, 2.05) is 29.5 Å². The highest BCUT2D eigenvalue weighted by atomic mass is 32.1. The molecule has 3 aromatic rings. The summed E-state index contributed by atoms with van der Waals surface area (Å²) in [6, 6.07) is 10.5. The van der Waals surface area contributed by atoms with Crippen molar-refractivity contribution in [2.75, 3.05) is 18.8 Å². The minimum Gasteiger partial charge on any atom is -0.375 e. The van der Waals surface area contributed by atoms with Gasteiger partial charge in [0.05, 0.1) is 17.5 Å². The number of thiazole rings is 1. The topological polar surface area (TPSA) is 77.0 Å². The van der Waals surface area contributed by atoms with Gasteiger partial charge in [0.2, 0.25) is 0 Å². The lowest BCUT2D eigenvalue weighted by molar-refractivity contribution is 0.0683. The summed E-state index contributed by atoms with van der Waals surface area (Å²) < 4.78 is 1.86. The van der Waals surface area contributed by atoms with E-state index in [0.717, 1.165) is 30.8 Å². The summed E-state index contributed by atoms with van der Waals surface area (Å²) in [5.41, 5.74) is 9.63. The molecule has 2 aromatic heterocycles. The molecule has 2 N–H and O–H groups in total. The van der Waals surface area contributed by atoms with E-state index in [-0.39, 0.29) is 11.3 Å². The van der Waals surface area contributed by atoms with Crippen molar-refractivity contribution in [3.8, 4) is 0 Å². The van der Waals surface area contributed by atoms with Crippen LogP contribution < -0.4 is 5.73 Å². The number of aryl methyl sites for hydroxylation is 1. The molecule has 0 unspecified atom stereocenters. The van der Waals surface area contributed by atoms with E-state index in [0.29, 0.717) is 23.8 Å². The van der Waals surface area contributed by atoms with E-state index in [4.69, 9.17) is 5.73 Å². The number of amides is 1. The van der Waals surface area contributed by atoms with Gasteiger partial charge in [-0.25, -0.2) is 4.98 Å². The van der Waals surface area contributed by atoms with E-state index in [9.17, 15) is 4.79 Å². The largest absolute Gasteiger partial charge is 0.375 e. The molecular weight excluding hydrogens is 370 g/mol. The van der Waals surface area contributed by atoms with Crippen molar-refractivity contribution in [3.63, 3.8) is 0 Å². The summed E-state index contributed by atoms with van der Waals surface area (Å²) in [7, 11) is 0. The smallest absolute Gasteiger partial charge is 0.257 e. The number of rotatable bonds is 4. The molecule has 146 valence electrons. The van der Waals surface area contributed by atoms with E-state index in [1.165, 1.54) is 16.9 Å². The molecule has 0 aliphatic carbocycles. The lowest BCUT2D eigenvalue weighted by atomic mass is 9.70. The predicted molar refractivity (Wildman–Crippen MR) is 112 cm³/mol. The number of hydrogen-bond donors (Lipinski definition) is 1. The second kappa shape index (κ2) is 7.39. The van der Waals surface area contributed by atoms with Crippen molar-refractivity contribution in [2.24, 2.45) is 0 Å². The summed E-state index contributed by atoms with van der Waals surface area (Å²) in [5.74, 6) is 0.0663. The number of carbonyl (C=O) groups excluding carboxylic acids is 1. The fourth-order valence-corrected chi connectivity index (χ4v) is 4.86. The van der Waals surface area contributed by atoms with Crippen molar-refractivity contribution in [1.29, 1.82) is 0 Å². The maximum atomic E-state index is 13.1. The van der Waals surface area contributed by atoms with Gasteiger partial charge in [-0.05, 0) is 32.3 Å². The SMILES string of the molecule is CCn1ncc(C(=O)N2CCC(c3ccccc3)(c3csc(N)n3)CC2)c1C. The Balaban J connectivity index is 1.60. The third kappa shape index (κ3) is 3.09. The van der Waals surface area contributed by atoms with Crippen LogP contribution in [0.1, 0.15) is 47.1 Å². The van der Waals surface area contributed by atoms with Crippen molar-refractivity contribution in [3.05, 3.63) is 64.4 Å². The van der Waals surface area contributed by atoms with Crippen LogP contribution in [0.3, 0.4) is 0 Å². The maximum Gasteiger partial charge on any atom is 0.257 e. The van der Waals surface area contributed by atoms with Gasteiger partial charge in [-0.3, -0.25) is 9.48 Å². The first kappa shape index (κ1) is 18.7. The van der Waals surface area contributed by atoms with Crippen molar-refractivity contribution in [2.45, 2.75) is 38.6 Å². The van der Waals surface area contributed by atoms with Gasteiger partial charge in [-0.1, -0.05) is 30.3 Å². The molecule has 1 amide bonds. The molecule has 0 spiro atoms. The Morgan fingerprint density at radius 2 is 1.96 bits per heavy atom. The molecule has 28 heavy (non-hydrogen) atoms. The van der Waals surface area contributed by atoms with Gasteiger partial charge in [0.15, 0.2) is 5.13 Å². The highest BCUT2D eigenvalue weighted by molar-refractivity contribution is 7.13. The van der Waals surface area contributed by atoms with Crippen LogP contribution in [0.25, 0.3) is 0 Å². The number of benzene rings is 1. The second-order valence-electron chi connectivity index (χ2n) is 7.27. The summed E-state index contributed by atoms with van der Waals surface area (Å²) in [5, 5.41) is 6.98. The van der Waals surface area contributed by atoms with Crippen molar-refractivity contribution < 1.29 is 4.79 Å². The Hall–Kier alpha value is -2.67. The Kier molecular flexibility index (Phi) is 4.93. The average molecular weight is 396 g/mol. The highest BCUT2D eigenvalue weighted by Crippen LogP contribution is 2.42. The summed E-state index contributed by atoms with van der Waals surface area (Å²) in [4.78, 5) is 19.6. The van der Waals surface area contributed by atoms with Gasteiger partial charge in [-0.2, -0.15) is 5.10 Å². The zero-order valence-corrected chi connectivity index (χ0v) is 17.1. The maximum absolute atomic E-state index is 13.1. The van der Waals surface area contributed by atoms with E-state index in [2.05, 4.69) is 39.7 Å². The number of nitrogens with zero attached hydrogens (tertiary/aromatic N) is 4. The number of nitrogen functional groups attached to an aromatic ring is 1. The van der Waals surface area contributed by atoms with E-state index < -0.39 is 0 Å². The standard InChI is InChI=1S/C21H25N5OS/c1-3-26-15(2)17(13-23-26)19(27)25-11-9-21(10-12-25,16-7-5-4-6-8-16)18-14-28-20(22)24-18/h4-8,13-14H,3,9-12H2,1-2H3,(H2,22,24). The van der Waals surface area contributed by atoms with Crippen molar-refractivity contribution in [1.82, 2.24) is 19.7 Å². The lowest BCUT2D eigenvalue weighted by Crippen LogP contribution is -2.46. The van der Waals surface area contributed by atoms with Crippen LogP contribution >= 0.6 is 11.3 Å². The molecule has 6 nitrogen and oxygen atoms in total. The number of anilines is 1. The summed E-state index contributed by atoms with van der Waals surface area (Å²) in [6.07, 6.45) is 3.35. The quantitative estimate of drug-likeness (QED) is 0.734. The molecule has 0 bridgehead atoms. The zero-order chi connectivity index (χ0) is 19.7. The van der Waals surface area contributed by atoms with Gasteiger partial charge in [0, 0.05) is 36.1 Å². The minimum absolute atomic E-state index is 0.0663. The van der Waals surface area contributed by atoms with Crippen LogP contribution in [-0.4, -0.2) is 38.7 Å². The molecule has 1 aromatic carbocycles. The minimum atomic E-state index is -0.200. The molecule has 1 fully saturated rings.